The van der Waals surface area contributed by atoms with Gasteiger partial charge in [0.25, 0.3) is 0 Å². The first-order chi connectivity index (χ1) is 11.4. The van der Waals surface area contributed by atoms with E-state index < -0.39 is 0 Å². The second-order valence-corrected chi connectivity index (χ2v) is 5.60. The number of hydrogen-bond acceptors (Lipinski definition) is 7. The maximum atomic E-state index is 5.86. The molecular weight excluding hydrogens is 298 g/mol. The Morgan fingerprint density at radius 2 is 2.35 bits per heavy atom. The summed E-state index contributed by atoms with van der Waals surface area (Å²) in [6.07, 6.45) is 3.66. The van der Waals surface area contributed by atoms with Crippen molar-refractivity contribution < 1.29 is 13.9 Å². The molecule has 23 heavy (non-hydrogen) atoms. The quantitative estimate of drug-likeness (QED) is 0.715. The van der Waals surface area contributed by atoms with E-state index in [1.165, 1.54) is 0 Å². The summed E-state index contributed by atoms with van der Waals surface area (Å²) in [5.41, 5.74) is 0. The number of furan rings is 1. The van der Waals surface area contributed by atoms with E-state index in [4.69, 9.17) is 13.9 Å². The highest BCUT2D eigenvalue weighted by Crippen LogP contribution is 2.20. The third-order valence-corrected chi connectivity index (χ3v) is 3.98. The van der Waals surface area contributed by atoms with Gasteiger partial charge in [0.05, 0.1) is 26.0 Å². The van der Waals surface area contributed by atoms with E-state index in [1.54, 1.807) is 18.1 Å². The Hall–Kier alpha value is -1.77. The van der Waals surface area contributed by atoms with E-state index in [9.17, 15) is 0 Å². The third-order valence-electron chi connectivity index (χ3n) is 3.98. The van der Waals surface area contributed by atoms with Gasteiger partial charge in [-0.05, 0) is 35.5 Å². The van der Waals surface area contributed by atoms with E-state index in [1.807, 2.05) is 12.1 Å². The molecule has 0 aromatic carbocycles. The number of methoxy groups -OCH3 is 1. The zero-order valence-corrected chi connectivity index (χ0v) is 13.4. The van der Waals surface area contributed by atoms with Gasteiger partial charge in [0.15, 0.2) is 5.82 Å². The van der Waals surface area contributed by atoms with Crippen LogP contribution < -0.4 is 0 Å². The van der Waals surface area contributed by atoms with Gasteiger partial charge in [-0.1, -0.05) is 0 Å². The molecule has 126 valence electrons. The fraction of sp³-hybridized carbons (Fsp3) is 0.667. The second kappa shape index (κ2) is 8.19. The van der Waals surface area contributed by atoms with Crippen LogP contribution in [-0.4, -0.2) is 65.1 Å². The average molecular weight is 321 g/mol. The van der Waals surface area contributed by atoms with Gasteiger partial charge in [-0.25, -0.2) is 4.68 Å². The van der Waals surface area contributed by atoms with Gasteiger partial charge in [-0.15, -0.1) is 5.10 Å². The highest BCUT2D eigenvalue weighted by atomic mass is 16.5. The largest absolute Gasteiger partial charge is 0.469 e. The Morgan fingerprint density at radius 3 is 3.17 bits per heavy atom. The van der Waals surface area contributed by atoms with Crippen LogP contribution in [0.2, 0.25) is 0 Å². The SMILES string of the molecule is COCCn1nnnc1[C@H]1CN(CCCc2ccco2)CCO1. The van der Waals surface area contributed by atoms with Crippen LogP contribution in [0.15, 0.2) is 22.8 Å². The topological polar surface area (TPSA) is 78.4 Å². The van der Waals surface area contributed by atoms with Gasteiger partial charge < -0.3 is 13.9 Å². The van der Waals surface area contributed by atoms with Crippen LogP contribution in [0.1, 0.15) is 24.1 Å². The van der Waals surface area contributed by atoms with Crippen molar-refractivity contribution in [3.05, 3.63) is 30.0 Å². The predicted octanol–water partition coefficient (Wildman–Crippen LogP) is 0.919. The maximum absolute atomic E-state index is 5.86. The molecule has 0 spiro atoms. The summed E-state index contributed by atoms with van der Waals surface area (Å²) in [4.78, 5) is 2.40. The van der Waals surface area contributed by atoms with Crippen LogP contribution in [0.25, 0.3) is 0 Å². The molecule has 1 saturated heterocycles. The van der Waals surface area contributed by atoms with Crippen LogP contribution in [0.5, 0.6) is 0 Å². The molecule has 0 aliphatic carbocycles. The molecule has 1 aliphatic rings. The fourth-order valence-electron chi connectivity index (χ4n) is 2.77. The Labute approximate surface area is 135 Å². The van der Waals surface area contributed by atoms with E-state index >= 15 is 0 Å². The minimum absolute atomic E-state index is 0.0841. The molecule has 3 heterocycles. The molecule has 2 aromatic heterocycles. The summed E-state index contributed by atoms with van der Waals surface area (Å²) in [5, 5.41) is 11.9. The van der Waals surface area contributed by atoms with Crippen molar-refractivity contribution in [3.63, 3.8) is 0 Å². The molecule has 1 aliphatic heterocycles. The molecule has 2 aromatic rings. The van der Waals surface area contributed by atoms with Crippen molar-refractivity contribution in [3.8, 4) is 0 Å². The molecule has 3 rings (SSSR count). The molecule has 0 N–H and O–H groups in total. The molecule has 0 unspecified atom stereocenters. The maximum Gasteiger partial charge on any atom is 0.181 e. The lowest BCUT2D eigenvalue weighted by Crippen LogP contribution is -2.40. The van der Waals surface area contributed by atoms with E-state index in [-0.39, 0.29) is 6.10 Å². The molecule has 1 atom stereocenters. The summed E-state index contributed by atoms with van der Waals surface area (Å²) in [7, 11) is 1.67. The minimum atomic E-state index is -0.0841. The smallest absolute Gasteiger partial charge is 0.181 e. The van der Waals surface area contributed by atoms with Crippen LogP contribution in [0.3, 0.4) is 0 Å². The Balaban J connectivity index is 1.50. The number of tetrazole rings is 1. The minimum Gasteiger partial charge on any atom is -0.469 e. The standard InChI is InChI=1S/C15H23N5O3/c1-21-10-8-20-15(16-17-18-20)14-12-19(7-11-23-14)6-2-4-13-5-3-9-22-13/h3,5,9,14H,2,4,6-8,10-12H2,1H3/t14-/m1/s1. The molecule has 8 nitrogen and oxygen atoms in total. The number of hydrogen-bond donors (Lipinski definition) is 0. The van der Waals surface area contributed by atoms with Crippen molar-refractivity contribution in [2.75, 3.05) is 40.0 Å². The van der Waals surface area contributed by atoms with Crippen molar-refractivity contribution in [2.45, 2.75) is 25.5 Å². The second-order valence-electron chi connectivity index (χ2n) is 5.60. The molecule has 0 saturated carbocycles. The molecule has 1 fully saturated rings. The van der Waals surface area contributed by atoms with Crippen molar-refractivity contribution in [1.29, 1.82) is 0 Å². The molecule has 0 bridgehead atoms. The summed E-state index contributed by atoms with van der Waals surface area (Å²) in [6.45, 7) is 4.68. The zero-order valence-electron chi connectivity index (χ0n) is 13.4. The summed E-state index contributed by atoms with van der Waals surface area (Å²) >= 11 is 0. The number of morpholine rings is 1. The highest BCUT2D eigenvalue weighted by molar-refractivity contribution is 4.98. The van der Waals surface area contributed by atoms with Crippen LogP contribution in [0.4, 0.5) is 0 Å². The lowest BCUT2D eigenvalue weighted by Gasteiger charge is -2.32. The summed E-state index contributed by atoms with van der Waals surface area (Å²) in [6, 6.07) is 3.95. The molecule has 0 amide bonds. The molecule has 0 radical (unpaired) electrons. The van der Waals surface area contributed by atoms with Gasteiger partial charge in [0, 0.05) is 26.6 Å². The summed E-state index contributed by atoms with van der Waals surface area (Å²) in [5.74, 6) is 1.82. The van der Waals surface area contributed by atoms with Crippen molar-refractivity contribution in [1.82, 2.24) is 25.1 Å². The van der Waals surface area contributed by atoms with Gasteiger partial charge in [-0.3, -0.25) is 4.90 Å². The van der Waals surface area contributed by atoms with E-state index in [2.05, 4.69) is 20.4 Å². The zero-order chi connectivity index (χ0) is 15.9. The van der Waals surface area contributed by atoms with Crippen molar-refractivity contribution >= 4 is 0 Å². The predicted molar refractivity (Wildman–Crippen MR) is 81.9 cm³/mol. The van der Waals surface area contributed by atoms with Crippen LogP contribution >= 0.6 is 0 Å². The lowest BCUT2D eigenvalue weighted by molar-refractivity contribution is -0.0370. The Morgan fingerprint density at radius 1 is 1.39 bits per heavy atom. The van der Waals surface area contributed by atoms with Gasteiger partial charge in [0.1, 0.15) is 11.9 Å². The van der Waals surface area contributed by atoms with Crippen LogP contribution in [0, 0.1) is 0 Å². The number of aryl methyl sites for hydroxylation is 1. The first-order valence-electron chi connectivity index (χ1n) is 7.98. The van der Waals surface area contributed by atoms with Gasteiger partial charge in [0.2, 0.25) is 0 Å². The van der Waals surface area contributed by atoms with E-state index in [0.29, 0.717) is 19.8 Å². The monoisotopic (exact) mass is 321 g/mol. The van der Waals surface area contributed by atoms with E-state index in [0.717, 1.165) is 44.1 Å². The highest BCUT2D eigenvalue weighted by Gasteiger charge is 2.26. The van der Waals surface area contributed by atoms with Crippen molar-refractivity contribution in [2.24, 2.45) is 0 Å². The summed E-state index contributed by atoms with van der Waals surface area (Å²) < 4.78 is 18.1. The average Bonchev–Trinajstić information content (AvgIpc) is 3.25. The Kier molecular flexibility index (Phi) is 5.73. The van der Waals surface area contributed by atoms with Gasteiger partial charge >= 0.3 is 0 Å². The Bertz CT molecular complexity index is 571. The lowest BCUT2D eigenvalue weighted by atomic mass is 10.2. The first kappa shape index (κ1) is 16.1. The molecular formula is C15H23N5O3. The van der Waals surface area contributed by atoms with Gasteiger partial charge in [-0.2, -0.15) is 0 Å². The number of ether oxygens (including phenoxy) is 2. The normalized spacial score (nSPS) is 19.3. The van der Waals surface area contributed by atoms with Crippen LogP contribution in [-0.2, 0) is 22.4 Å². The first-order valence-corrected chi connectivity index (χ1v) is 7.98. The molecule has 8 heteroatoms. The third kappa shape index (κ3) is 4.37. The number of aromatic nitrogens is 4. The number of rotatable bonds is 8. The fourth-order valence-corrected chi connectivity index (χ4v) is 2.77. The number of nitrogens with zero attached hydrogens (tertiary/aromatic N) is 5.